The summed E-state index contributed by atoms with van der Waals surface area (Å²) in [4.78, 5) is 5.00. The molecule has 21 heavy (non-hydrogen) atoms. The molecule has 108 valence electrons. The van der Waals surface area contributed by atoms with Crippen molar-refractivity contribution in [2.24, 2.45) is 0 Å². The van der Waals surface area contributed by atoms with Crippen LogP contribution in [0.5, 0.6) is 0 Å². The van der Waals surface area contributed by atoms with Crippen LogP contribution in [-0.4, -0.2) is 10.1 Å². The number of benzene rings is 1. The first-order valence-corrected chi connectivity index (χ1v) is 7.37. The van der Waals surface area contributed by atoms with Crippen molar-refractivity contribution in [2.75, 3.05) is 0 Å². The molecule has 0 aliphatic carbocycles. The maximum absolute atomic E-state index is 12.5. The lowest BCUT2D eigenvalue weighted by Gasteiger charge is -2.05. The summed E-state index contributed by atoms with van der Waals surface area (Å²) < 4.78 is 43.4. The van der Waals surface area contributed by atoms with E-state index in [9.17, 15) is 13.2 Å². The Morgan fingerprint density at radius 1 is 1.10 bits per heavy atom. The van der Waals surface area contributed by atoms with Gasteiger partial charge in [-0.25, -0.2) is 0 Å². The Kier molecular flexibility index (Phi) is 3.58. The second kappa shape index (κ2) is 5.27. The molecule has 2 aromatic heterocycles. The lowest BCUT2D eigenvalue weighted by molar-refractivity contribution is -0.137. The first-order chi connectivity index (χ1) is 9.95. The van der Waals surface area contributed by atoms with Crippen molar-refractivity contribution in [1.29, 1.82) is 0 Å². The van der Waals surface area contributed by atoms with Gasteiger partial charge in [0.2, 0.25) is 5.82 Å². The molecule has 3 aromatic rings. The predicted octanol–water partition coefficient (Wildman–Crippen LogP) is 5.25. The maximum atomic E-state index is 12.5. The normalized spacial score (nSPS) is 11.8. The number of aromatic nitrogens is 2. The van der Waals surface area contributed by atoms with Crippen molar-refractivity contribution in [3.8, 4) is 22.2 Å². The van der Waals surface area contributed by atoms with Gasteiger partial charge in [-0.05, 0) is 51.6 Å². The van der Waals surface area contributed by atoms with Gasteiger partial charge in [-0.2, -0.15) is 18.2 Å². The molecule has 0 aliphatic heterocycles. The molecular formula is C13H6BrF3N2OS. The first kappa shape index (κ1) is 14.3. The Hall–Kier alpha value is -1.67. The summed E-state index contributed by atoms with van der Waals surface area (Å²) in [5, 5.41) is 5.71. The average Bonchev–Trinajstić information content (AvgIpc) is 3.06. The van der Waals surface area contributed by atoms with Crippen molar-refractivity contribution in [1.82, 2.24) is 10.1 Å². The van der Waals surface area contributed by atoms with E-state index in [1.165, 1.54) is 23.5 Å². The van der Waals surface area contributed by atoms with E-state index in [4.69, 9.17) is 4.52 Å². The summed E-state index contributed by atoms with van der Waals surface area (Å²) in [5.41, 5.74) is -0.276. The topological polar surface area (TPSA) is 38.9 Å². The third kappa shape index (κ3) is 2.86. The molecule has 2 heterocycles. The second-order valence-corrected chi connectivity index (χ2v) is 5.87. The second-order valence-electron chi connectivity index (χ2n) is 4.10. The highest BCUT2D eigenvalue weighted by Gasteiger charge is 2.30. The number of hydrogen-bond donors (Lipinski definition) is 0. The molecule has 3 rings (SSSR count). The van der Waals surface area contributed by atoms with Crippen molar-refractivity contribution in [3.05, 3.63) is 45.7 Å². The van der Waals surface area contributed by atoms with E-state index in [2.05, 4.69) is 26.1 Å². The Morgan fingerprint density at radius 3 is 2.38 bits per heavy atom. The van der Waals surface area contributed by atoms with Crippen molar-refractivity contribution >= 4 is 27.3 Å². The highest BCUT2D eigenvalue weighted by atomic mass is 79.9. The average molecular weight is 375 g/mol. The van der Waals surface area contributed by atoms with Crippen LogP contribution in [0.25, 0.3) is 22.2 Å². The SMILES string of the molecule is FC(F)(F)c1ccc(-c2nc(-c3sccc3Br)no2)cc1. The number of nitrogens with zero attached hydrogens (tertiary/aromatic N) is 2. The number of hydrogen-bond acceptors (Lipinski definition) is 4. The Bertz CT molecular complexity index is 764. The van der Waals surface area contributed by atoms with Crippen LogP contribution in [-0.2, 0) is 6.18 Å². The standard InChI is InChI=1S/C13H6BrF3N2OS/c14-9-5-6-21-10(9)11-18-12(20-19-11)7-1-3-8(4-2-7)13(15,16)17/h1-6H. The lowest BCUT2D eigenvalue weighted by atomic mass is 10.1. The van der Waals surface area contributed by atoms with Crippen LogP contribution in [0.3, 0.4) is 0 Å². The van der Waals surface area contributed by atoms with Crippen LogP contribution in [0, 0.1) is 0 Å². The molecule has 0 unspecified atom stereocenters. The summed E-state index contributed by atoms with van der Waals surface area (Å²) in [7, 11) is 0. The van der Waals surface area contributed by atoms with Gasteiger partial charge < -0.3 is 4.52 Å². The summed E-state index contributed by atoms with van der Waals surface area (Å²) in [6.07, 6.45) is -4.36. The van der Waals surface area contributed by atoms with Crippen molar-refractivity contribution in [3.63, 3.8) is 0 Å². The van der Waals surface area contributed by atoms with E-state index in [1.807, 2.05) is 11.4 Å². The van der Waals surface area contributed by atoms with Gasteiger partial charge in [0.05, 0.1) is 10.4 Å². The van der Waals surface area contributed by atoms with E-state index in [1.54, 1.807) is 0 Å². The minimum Gasteiger partial charge on any atom is -0.334 e. The molecule has 0 aliphatic rings. The number of rotatable bonds is 2. The summed E-state index contributed by atoms with van der Waals surface area (Å²) in [5.74, 6) is 0.575. The van der Waals surface area contributed by atoms with E-state index in [0.29, 0.717) is 11.4 Å². The largest absolute Gasteiger partial charge is 0.416 e. The molecule has 0 fully saturated rings. The Balaban J connectivity index is 1.92. The smallest absolute Gasteiger partial charge is 0.334 e. The van der Waals surface area contributed by atoms with Crippen LogP contribution in [0.4, 0.5) is 13.2 Å². The molecule has 0 saturated heterocycles. The fourth-order valence-corrected chi connectivity index (χ4v) is 3.16. The highest BCUT2D eigenvalue weighted by Crippen LogP contribution is 2.34. The minimum atomic E-state index is -4.36. The van der Waals surface area contributed by atoms with Gasteiger partial charge in [0, 0.05) is 10.0 Å². The molecule has 0 atom stereocenters. The van der Waals surface area contributed by atoms with Gasteiger partial charge in [0.1, 0.15) is 0 Å². The third-order valence-electron chi connectivity index (χ3n) is 2.71. The van der Waals surface area contributed by atoms with Gasteiger partial charge in [-0.15, -0.1) is 11.3 Å². The van der Waals surface area contributed by atoms with E-state index in [0.717, 1.165) is 21.5 Å². The summed E-state index contributed by atoms with van der Waals surface area (Å²) in [6, 6.07) is 6.45. The van der Waals surface area contributed by atoms with Crippen LogP contribution in [0.15, 0.2) is 44.7 Å². The number of thiophene rings is 1. The number of alkyl halides is 3. The number of halogens is 4. The molecule has 0 N–H and O–H groups in total. The molecule has 0 saturated carbocycles. The lowest BCUT2D eigenvalue weighted by Crippen LogP contribution is -2.03. The molecule has 8 heteroatoms. The van der Waals surface area contributed by atoms with E-state index < -0.39 is 11.7 Å². The van der Waals surface area contributed by atoms with Crippen LogP contribution >= 0.6 is 27.3 Å². The zero-order valence-corrected chi connectivity index (χ0v) is 12.6. The first-order valence-electron chi connectivity index (χ1n) is 5.70. The summed E-state index contributed by atoms with van der Waals surface area (Å²) in [6.45, 7) is 0. The fraction of sp³-hybridized carbons (Fsp3) is 0.0769. The van der Waals surface area contributed by atoms with Gasteiger partial charge in [0.15, 0.2) is 0 Å². The maximum Gasteiger partial charge on any atom is 0.416 e. The highest BCUT2D eigenvalue weighted by molar-refractivity contribution is 9.10. The zero-order valence-electron chi connectivity index (χ0n) is 10.2. The third-order valence-corrected chi connectivity index (χ3v) is 4.54. The van der Waals surface area contributed by atoms with E-state index >= 15 is 0 Å². The quantitative estimate of drug-likeness (QED) is 0.615. The van der Waals surface area contributed by atoms with Crippen LogP contribution in [0.1, 0.15) is 5.56 Å². The van der Waals surface area contributed by atoms with Crippen molar-refractivity contribution in [2.45, 2.75) is 6.18 Å². The Labute approximate surface area is 129 Å². The molecule has 0 spiro atoms. The molecule has 0 bridgehead atoms. The van der Waals surface area contributed by atoms with Gasteiger partial charge in [0.25, 0.3) is 5.89 Å². The minimum absolute atomic E-state index is 0.180. The monoisotopic (exact) mass is 374 g/mol. The van der Waals surface area contributed by atoms with Crippen LogP contribution in [0.2, 0.25) is 0 Å². The van der Waals surface area contributed by atoms with E-state index in [-0.39, 0.29) is 5.89 Å². The molecule has 0 radical (unpaired) electrons. The molecular weight excluding hydrogens is 369 g/mol. The van der Waals surface area contributed by atoms with Crippen molar-refractivity contribution < 1.29 is 17.7 Å². The van der Waals surface area contributed by atoms with Gasteiger partial charge in [-0.1, -0.05) is 5.16 Å². The Morgan fingerprint density at radius 2 is 1.81 bits per heavy atom. The van der Waals surface area contributed by atoms with Gasteiger partial charge >= 0.3 is 6.18 Å². The van der Waals surface area contributed by atoms with Crippen LogP contribution < -0.4 is 0 Å². The zero-order chi connectivity index (χ0) is 15.0. The molecule has 1 aromatic carbocycles. The summed E-state index contributed by atoms with van der Waals surface area (Å²) >= 11 is 4.80. The molecule has 0 amide bonds. The predicted molar refractivity (Wildman–Crippen MR) is 75.7 cm³/mol. The fourth-order valence-electron chi connectivity index (χ4n) is 1.69. The molecule has 3 nitrogen and oxygen atoms in total. The van der Waals surface area contributed by atoms with Gasteiger partial charge in [-0.3, -0.25) is 0 Å².